The van der Waals surface area contributed by atoms with Crippen LogP contribution in [0.15, 0.2) is 23.2 Å². The van der Waals surface area contributed by atoms with Gasteiger partial charge in [-0.3, -0.25) is 4.98 Å². The van der Waals surface area contributed by atoms with Gasteiger partial charge >= 0.3 is 0 Å². The Morgan fingerprint density at radius 1 is 1.50 bits per heavy atom. The highest BCUT2D eigenvalue weighted by Crippen LogP contribution is 2.18. The largest absolute Gasteiger partial charge is 0.486 e. The van der Waals surface area contributed by atoms with Crippen LogP contribution in [-0.2, 0) is 11.3 Å². The number of aryl methyl sites for hydroxylation is 1. The van der Waals surface area contributed by atoms with Crippen molar-refractivity contribution in [3.63, 3.8) is 0 Å². The predicted octanol–water partition coefficient (Wildman–Crippen LogP) is 2.41. The summed E-state index contributed by atoms with van der Waals surface area (Å²) in [6.07, 6.45) is 0. The molecule has 0 fully saturated rings. The lowest BCUT2D eigenvalue weighted by Gasteiger charge is -2.11. The Balaban J connectivity index is 2.61. The lowest BCUT2D eigenvalue weighted by Crippen LogP contribution is -2.20. The van der Waals surface area contributed by atoms with E-state index < -0.39 is 0 Å². The molecule has 1 aromatic rings. The van der Waals surface area contributed by atoms with Gasteiger partial charge in [-0.05, 0) is 19.1 Å². The van der Waals surface area contributed by atoms with Gasteiger partial charge in [0, 0.05) is 30.4 Å². The molecule has 0 unspecified atom stereocenters. The SMILES string of the molecule is C=C(Br)COc1ccc(C)nc1CNCCOC. The van der Waals surface area contributed by atoms with Gasteiger partial charge in [-0.15, -0.1) is 0 Å². The molecule has 4 nitrogen and oxygen atoms in total. The smallest absolute Gasteiger partial charge is 0.142 e. The van der Waals surface area contributed by atoms with Crippen LogP contribution in [0, 0.1) is 6.92 Å². The minimum absolute atomic E-state index is 0.440. The molecule has 0 spiro atoms. The molecule has 0 aliphatic carbocycles. The second-order valence-corrected chi connectivity index (χ2v) is 4.99. The monoisotopic (exact) mass is 314 g/mol. The Bertz CT molecular complexity index is 397. The Morgan fingerprint density at radius 3 is 2.94 bits per heavy atom. The molecular formula is C13H19BrN2O2. The molecular weight excluding hydrogens is 296 g/mol. The van der Waals surface area contributed by atoms with E-state index >= 15 is 0 Å². The van der Waals surface area contributed by atoms with Crippen molar-refractivity contribution in [3.8, 4) is 5.75 Å². The number of hydrogen-bond acceptors (Lipinski definition) is 4. The van der Waals surface area contributed by atoms with Gasteiger partial charge in [-0.1, -0.05) is 22.5 Å². The molecule has 0 aromatic carbocycles. The van der Waals surface area contributed by atoms with E-state index in [2.05, 4.69) is 32.8 Å². The van der Waals surface area contributed by atoms with Gasteiger partial charge in [0.1, 0.15) is 12.4 Å². The average Bonchev–Trinajstić information content (AvgIpc) is 2.33. The molecule has 1 N–H and O–H groups in total. The normalized spacial score (nSPS) is 10.4. The second-order valence-electron chi connectivity index (χ2n) is 3.87. The molecule has 1 aromatic heterocycles. The number of pyridine rings is 1. The number of halogens is 1. The lowest BCUT2D eigenvalue weighted by atomic mass is 10.3. The summed E-state index contributed by atoms with van der Waals surface area (Å²) in [5.41, 5.74) is 1.88. The quantitative estimate of drug-likeness (QED) is 0.748. The zero-order chi connectivity index (χ0) is 13.4. The van der Waals surface area contributed by atoms with E-state index in [1.807, 2.05) is 19.1 Å². The third-order valence-corrected chi connectivity index (χ3v) is 2.46. The Morgan fingerprint density at radius 2 is 2.28 bits per heavy atom. The first kappa shape index (κ1) is 15.1. The summed E-state index contributed by atoms with van der Waals surface area (Å²) < 4.78 is 11.4. The van der Waals surface area contributed by atoms with E-state index in [0.717, 1.165) is 28.2 Å². The van der Waals surface area contributed by atoms with Crippen LogP contribution >= 0.6 is 15.9 Å². The molecule has 1 rings (SSSR count). The number of nitrogens with zero attached hydrogens (tertiary/aromatic N) is 1. The van der Waals surface area contributed by atoms with Crippen LogP contribution in [0.4, 0.5) is 0 Å². The maximum absolute atomic E-state index is 5.63. The zero-order valence-electron chi connectivity index (χ0n) is 10.8. The minimum Gasteiger partial charge on any atom is -0.486 e. The van der Waals surface area contributed by atoms with Crippen molar-refractivity contribution in [2.24, 2.45) is 0 Å². The van der Waals surface area contributed by atoms with Crippen LogP contribution in [0.25, 0.3) is 0 Å². The van der Waals surface area contributed by atoms with Crippen molar-refractivity contribution in [3.05, 3.63) is 34.6 Å². The van der Waals surface area contributed by atoms with Gasteiger partial charge in [-0.25, -0.2) is 0 Å². The zero-order valence-corrected chi connectivity index (χ0v) is 12.4. The summed E-state index contributed by atoms with van der Waals surface area (Å²) in [6, 6.07) is 3.87. The Kier molecular flexibility index (Phi) is 6.93. The summed E-state index contributed by atoms with van der Waals surface area (Å²) in [5, 5.41) is 3.26. The first-order valence-corrected chi connectivity index (χ1v) is 6.55. The van der Waals surface area contributed by atoms with Crippen molar-refractivity contribution in [2.45, 2.75) is 13.5 Å². The molecule has 0 bridgehead atoms. The highest BCUT2D eigenvalue weighted by atomic mass is 79.9. The maximum atomic E-state index is 5.63. The molecule has 0 aliphatic heterocycles. The predicted molar refractivity (Wildman–Crippen MR) is 76.1 cm³/mol. The number of rotatable bonds is 8. The van der Waals surface area contributed by atoms with E-state index in [9.17, 15) is 0 Å². The van der Waals surface area contributed by atoms with Crippen LogP contribution in [0.2, 0.25) is 0 Å². The summed E-state index contributed by atoms with van der Waals surface area (Å²) in [5.74, 6) is 0.783. The molecule has 1 heterocycles. The molecule has 18 heavy (non-hydrogen) atoms. The van der Waals surface area contributed by atoms with E-state index in [4.69, 9.17) is 9.47 Å². The van der Waals surface area contributed by atoms with Crippen molar-refractivity contribution >= 4 is 15.9 Å². The summed E-state index contributed by atoms with van der Waals surface area (Å²) in [4.78, 5) is 4.48. The van der Waals surface area contributed by atoms with Crippen LogP contribution in [0.3, 0.4) is 0 Å². The number of ether oxygens (including phenoxy) is 2. The number of nitrogens with one attached hydrogen (secondary N) is 1. The average molecular weight is 315 g/mol. The van der Waals surface area contributed by atoms with Gasteiger partial charge in [0.25, 0.3) is 0 Å². The summed E-state index contributed by atoms with van der Waals surface area (Å²) in [7, 11) is 1.68. The van der Waals surface area contributed by atoms with Crippen molar-refractivity contribution in [1.29, 1.82) is 0 Å². The Hall–Kier alpha value is -0.910. The highest BCUT2D eigenvalue weighted by Gasteiger charge is 2.06. The van der Waals surface area contributed by atoms with Crippen molar-refractivity contribution in [2.75, 3.05) is 26.9 Å². The van der Waals surface area contributed by atoms with Gasteiger partial charge in [-0.2, -0.15) is 0 Å². The molecule has 0 amide bonds. The van der Waals surface area contributed by atoms with Crippen molar-refractivity contribution < 1.29 is 9.47 Å². The lowest BCUT2D eigenvalue weighted by molar-refractivity contribution is 0.199. The third-order valence-electron chi connectivity index (χ3n) is 2.23. The summed E-state index contributed by atoms with van der Waals surface area (Å²) in [6.45, 7) is 8.28. The Labute approximate surface area is 117 Å². The third kappa shape index (κ3) is 5.62. The fourth-order valence-corrected chi connectivity index (χ4v) is 1.51. The molecule has 0 radical (unpaired) electrons. The van der Waals surface area contributed by atoms with E-state index in [1.165, 1.54) is 0 Å². The van der Waals surface area contributed by atoms with Gasteiger partial charge in [0.05, 0.1) is 12.3 Å². The number of methoxy groups -OCH3 is 1. The fourth-order valence-electron chi connectivity index (χ4n) is 1.39. The number of hydrogen-bond donors (Lipinski definition) is 1. The second kappa shape index (κ2) is 8.24. The number of aromatic nitrogens is 1. The first-order valence-electron chi connectivity index (χ1n) is 5.75. The van der Waals surface area contributed by atoms with Crippen LogP contribution in [0.5, 0.6) is 5.75 Å². The van der Waals surface area contributed by atoms with E-state index in [-0.39, 0.29) is 0 Å². The van der Waals surface area contributed by atoms with Crippen LogP contribution < -0.4 is 10.1 Å². The van der Waals surface area contributed by atoms with Gasteiger partial charge in [0.15, 0.2) is 0 Å². The summed E-state index contributed by atoms with van der Waals surface area (Å²) >= 11 is 3.27. The molecule has 0 saturated carbocycles. The maximum Gasteiger partial charge on any atom is 0.142 e. The fraction of sp³-hybridized carbons (Fsp3) is 0.462. The topological polar surface area (TPSA) is 43.4 Å². The van der Waals surface area contributed by atoms with Gasteiger partial charge < -0.3 is 14.8 Å². The molecule has 0 aliphatic rings. The molecule has 0 saturated heterocycles. The standard InChI is InChI=1S/C13H19BrN2O2/c1-10(14)9-18-13-5-4-11(2)16-12(13)8-15-6-7-17-3/h4-5,15H,1,6-9H2,2-3H3. The van der Waals surface area contributed by atoms with Gasteiger partial charge in [0.2, 0.25) is 0 Å². The molecule has 5 heteroatoms. The first-order chi connectivity index (χ1) is 8.63. The van der Waals surface area contributed by atoms with E-state index in [1.54, 1.807) is 7.11 Å². The highest BCUT2D eigenvalue weighted by molar-refractivity contribution is 9.11. The molecule has 0 atom stereocenters. The van der Waals surface area contributed by atoms with Crippen LogP contribution in [0.1, 0.15) is 11.4 Å². The van der Waals surface area contributed by atoms with Crippen LogP contribution in [-0.4, -0.2) is 31.9 Å². The van der Waals surface area contributed by atoms with E-state index in [0.29, 0.717) is 19.8 Å². The van der Waals surface area contributed by atoms with Crippen molar-refractivity contribution in [1.82, 2.24) is 10.3 Å². The minimum atomic E-state index is 0.440. The molecule has 100 valence electrons.